The summed E-state index contributed by atoms with van der Waals surface area (Å²) in [5.41, 5.74) is 1.08. The van der Waals surface area contributed by atoms with Gasteiger partial charge < -0.3 is 10.0 Å². The Morgan fingerprint density at radius 1 is 1.67 bits per heavy atom. The second-order valence-corrected chi connectivity index (χ2v) is 4.17. The van der Waals surface area contributed by atoms with Crippen LogP contribution in [0.3, 0.4) is 0 Å². The Morgan fingerprint density at radius 3 is 2.93 bits per heavy atom. The lowest BCUT2D eigenvalue weighted by atomic mass is 10.2. The lowest BCUT2D eigenvalue weighted by Gasteiger charge is -2.22. The zero-order chi connectivity index (χ0) is 11.3. The third-order valence-corrected chi connectivity index (χ3v) is 2.47. The molecule has 1 aromatic rings. The van der Waals surface area contributed by atoms with Gasteiger partial charge in [-0.1, -0.05) is 6.08 Å². The molecule has 0 saturated carbocycles. The molecule has 0 bridgehead atoms. The van der Waals surface area contributed by atoms with Gasteiger partial charge in [0.2, 0.25) is 0 Å². The van der Waals surface area contributed by atoms with Crippen molar-refractivity contribution in [3.63, 3.8) is 0 Å². The lowest BCUT2D eigenvalue weighted by Crippen LogP contribution is -2.28. The zero-order valence-corrected chi connectivity index (χ0v) is 10.4. The number of aliphatic hydroxyl groups is 1. The minimum Gasteiger partial charge on any atom is -0.395 e. The van der Waals surface area contributed by atoms with Crippen LogP contribution in [-0.2, 0) is 0 Å². The Balaban J connectivity index is 2.94. The molecule has 0 atom stereocenters. The van der Waals surface area contributed by atoms with Crippen LogP contribution in [0.1, 0.15) is 5.56 Å². The van der Waals surface area contributed by atoms with E-state index >= 15 is 0 Å². The van der Waals surface area contributed by atoms with E-state index in [1.54, 1.807) is 12.3 Å². The van der Waals surface area contributed by atoms with Crippen molar-refractivity contribution in [1.29, 1.82) is 0 Å². The molecule has 0 aliphatic rings. The van der Waals surface area contributed by atoms with E-state index in [1.807, 2.05) is 17.9 Å². The number of aromatic nitrogens is 1. The molecule has 0 radical (unpaired) electrons. The van der Waals surface area contributed by atoms with Crippen molar-refractivity contribution < 1.29 is 5.11 Å². The van der Waals surface area contributed by atoms with Crippen molar-refractivity contribution in [3.05, 3.63) is 35.0 Å². The predicted octanol–water partition coefficient (Wildman–Crippen LogP) is 2.14. The molecule has 0 spiro atoms. The first kappa shape index (κ1) is 12.2. The van der Waals surface area contributed by atoms with Crippen LogP contribution in [0.4, 0.5) is 5.82 Å². The third kappa shape index (κ3) is 3.32. The second kappa shape index (κ2) is 5.88. The summed E-state index contributed by atoms with van der Waals surface area (Å²) >= 11 is 3.37. The first-order chi connectivity index (χ1) is 7.19. The average Bonchev–Trinajstić information content (AvgIpc) is 2.17. The van der Waals surface area contributed by atoms with Crippen molar-refractivity contribution in [3.8, 4) is 0 Å². The summed E-state index contributed by atoms with van der Waals surface area (Å²) in [5, 5.41) is 8.96. The molecule has 3 nitrogen and oxygen atoms in total. The number of aryl methyl sites for hydroxylation is 1. The summed E-state index contributed by atoms with van der Waals surface area (Å²) < 4.78 is 0.964. The summed E-state index contributed by atoms with van der Waals surface area (Å²) in [6, 6.07) is 2.01. The van der Waals surface area contributed by atoms with E-state index in [0.29, 0.717) is 13.1 Å². The number of anilines is 1. The fourth-order valence-corrected chi connectivity index (χ4v) is 1.87. The van der Waals surface area contributed by atoms with Crippen LogP contribution in [0, 0.1) is 6.92 Å². The summed E-state index contributed by atoms with van der Waals surface area (Å²) in [5.74, 6) is 0.896. The number of pyridine rings is 1. The Kier molecular flexibility index (Phi) is 4.78. The Hall–Kier alpha value is -0.870. The summed E-state index contributed by atoms with van der Waals surface area (Å²) in [4.78, 5) is 6.33. The van der Waals surface area contributed by atoms with E-state index in [4.69, 9.17) is 5.11 Å². The highest BCUT2D eigenvalue weighted by atomic mass is 79.9. The van der Waals surface area contributed by atoms with Crippen molar-refractivity contribution in [2.24, 2.45) is 0 Å². The molecule has 0 aliphatic heterocycles. The van der Waals surface area contributed by atoms with Crippen LogP contribution in [0.2, 0.25) is 0 Å². The SMILES string of the molecule is C=CCN(CCO)c1ncc(Br)cc1C. The molecule has 15 heavy (non-hydrogen) atoms. The number of hydrogen-bond acceptors (Lipinski definition) is 3. The Bertz CT molecular complexity index is 341. The minimum atomic E-state index is 0.116. The Labute approximate surface area is 98.6 Å². The third-order valence-electron chi connectivity index (χ3n) is 2.04. The fourth-order valence-electron chi connectivity index (χ4n) is 1.42. The van der Waals surface area contributed by atoms with E-state index < -0.39 is 0 Å². The van der Waals surface area contributed by atoms with Gasteiger partial charge in [0.15, 0.2) is 0 Å². The summed E-state index contributed by atoms with van der Waals surface area (Å²) in [6.45, 7) is 7.07. The molecule has 0 fully saturated rings. The molecule has 0 aliphatic carbocycles. The van der Waals surface area contributed by atoms with E-state index in [-0.39, 0.29) is 6.61 Å². The number of aliphatic hydroxyl groups excluding tert-OH is 1. The number of rotatable bonds is 5. The molecule has 0 unspecified atom stereocenters. The van der Waals surface area contributed by atoms with Gasteiger partial charge >= 0.3 is 0 Å². The minimum absolute atomic E-state index is 0.116. The Morgan fingerprint density at radius 2 is 2.40 bits per heavy atom. The predicted molar refractivity (Wildman–Crippen MR) is 66.2 cm³/mol. The molecule has 0 aromatic carbocycles. The van der Waals surface area contributed by atoms with Crippen LogP contribution >= 0.6 is 15.9 Å². The molecule has 82 valence electrons. The van der Waals surface area contributed by atoms with E-state index in [1.165, 1.54) is 0 Å². The van der Waals surface area contributed by atoms with Gasteiger partial charge in [0.05, 0.1) is 6.61 Å². The van der Waals surface area contributed by atoms with Gasteiger partial charge in [0.1, 0.15) is 5.82 Å². The highest BCUT2D eigenvalue weighted by Crippen LogP contribution is 2.20. The maximum Gasteiger partial charge on any atom is 0.131 e. The van der Waals surface area contributed by atoms with E-state index in [0.717, 1.165) is 15.9 Å². The van der Waals surface area contributed by atoms with Crippen molar-refractivity contribution >= 4 is 21.7 Å². The maximum atomic E-state index is 8.96. The van der Waals surface area contributed by atoms with Crippen LogP contribution in [0.25, 0.3) is 0 Å². The van der Waals surface area contributed by atoms with Gasteiger partial charge in [0, 0.05) is 23.8 Å². The molecule has 1 heterocycles. The smallest absolute Gasteiger partial charge is 0.131 e. The van der Waals surface area contributed by atoms with Gasteiger partial charge in [-0.3, -0.25) is 0 Å². The number of nitrogens with zero attached hydrogens (tertiary/aromatic N) is 2. The summed E-state index contributed by atoms with van der Waals surface area (Å²) in [7, 11) is 0. The molecule has 0 saturated heterocycles. The van der Waals surface area contributed by atoms with Crippen LogP contribution in [0.15, 0.2) is 29.4 Å². The van der Waals surface area contributed by atoms with Gasteiger partial charge in [-0.05, 0) is 34.5 Å². The summed E-state index contributed by atoms with van der Waals surface area (Å²) in [6.07, 6.45) is 3.56. The van der Waals surface area contributed by atoms with Crippen molar-refractivity contribution in [2.45, 2.75) is 6.92 Å². The first-order valence-corrected chi connectivity index (χ1v) is 5.57. The molecule has 1 N–H and O–H groups in total. The highest BCUT2D eigenvalue weighted by molar-refractivity contribution is 9.10. The fraction of sp³-hybridized carbons (Fsp3) is 0.364. The van der Waals surface area contributed by atoms with Crippen LogP contribution in [0.5, 0.6) is 0 Å². The normalized spacial score (nSPS) is 10.1. The van der Waals surface area contributed by atoms with E-state index in [2.05, 4.69) is 27.5 Å². The molecule has 1 rings (SSSR count). The molecule has 4 heteroatoms. The van der Waals surface area contributed by atoms with Gasteiger partial charge in [-0.2, -0.15) is 0 Å². The van der Waals surface area contributed by atoms with Crippen molar-refractivity contribution in [1.82, 2.24) is 4.98 Å². The second-order valence-electron chi connectivity index (χ2n) is 3.25. The maximum absolute atomic E-state index is 8.96. The molecular weight excluding hydrogens is 256 g/mol. The zero-order valence-electron chi connectivity index (χ0n) is 8.78. The number of hydrogen-bond donors (Lipinski definition) is 1. The molecule has 0 amide bonds. The molecular formula is C11H15BrN2O. The van der Waals surface area contributed by atoms with Gasteiger partial charge in [-0.25, -0.2) is 4.98 Å². The number of halogens is 1. The van der Waals surface area contributed by atoms with Crippen LogP contribution in [-0.4, -0.2) is 29.8 Å². The van der Waals surface area contributed by atoms with Crippen LogP contribution < -0.4 is 4.90 Å². The standard InChI is InChI=1S/C11H15BrN2O/c1-3-4-14(5-6-15)11-9(2)7-10(12)8-13-11/h3,7-8,15H,1,4-6H2,2H3. The van der Waals surface area contributed by atoms with Gasteiger partial charge in [-0.15, -0.1) is 6.58 Å². The lowest BCUT2D eigenvalue weighted by molar-refractivity contribution is 0.302. The van der Waals surface area contributed by atoms with Gasteiger partial charge in [0.25, 0.3) is 0 Å². The molecule has 1 aromatic heterocycles. The monoisotopic (exact) mass is 270 g/mol. The quantitative estimate of drug-likeness (QED) is 0.833. The first-order valence-electron chi connectivity index (χ1n) is 4.78. The largest absolute Gasteiger partial charge is 0.395 e. The van der Waals surface area contributed by atoms with E-state index in [9.17, 15) is 0 Å². The highest BCUT2D eigenvalue weighted by Gasteiger charge is 2.08. The van der Waals surface area contributed by atoms with Crippen molar-refractivity contribution in [2.75, 3.05) is 24.6 Å². The average molecular weight is 271 g/mol. The topological polar surface area (TPSA) is 36.4 Å².